The monoisotopic (exact) mass is 280 g/mol. The molecule has 3 rings (SSSR count). The van der Waals surface area contributed by atoms with Gasteiger partial charge in [-0.3, -0.25) is 9.80 Å². The first-order chi connectivity index (χ1) is 9.92. The van der Waals surface area contributed by atoms with Gasteiger partial charge in [0.05, 0.1) is 6.10 Å². The largest absolute Gasteiger partial charge is 0.377 e. The maximum Gasteiger partial charge on any atom is 0.0702 e. The summed E-state index contributed by atoms with van der Waals surface area (Å²) in [6.07, 6.45) is 13.0. The number of rotatable bonds is 3. The highest BCUT2D eigenvalue weighted by atomic mass is 16.5. The molecule has 0 radical (unpaired) electrons. The Balaban J connectivity index is 1.47. The van der Waals surface area contributed by atoms with Crippen LogP contribution in [0.4, 0.5) is 0 Å². The number of ether oxygens (including phenoxy) is 1. The zero-order chi connectivity index (χ0) is 13.6. The molecule has 0 aromatic rings. The SMILES string of the molecule is C1CCCN([C@@H]2CCCN(C[C@H]3CCCCO3)C2)CC1. The lowest BCUT2D eigenvalue weighted by Gasteiger charge is -2.40. The van der Waals surface area contributed by atoms with E-state index in [0.29, 0.717) is 6.10 Å². The van der Waals surface area contributed by atoms with Crippen molar-refractivity contribution in [2.45, 2.75) is 69.9 Å². The molecular formula is C17H32N2O. The molecule has 0 N–H and O–H groups in total. The summed E-state index contributed by atoms with van der Waals surface area (Å²) in [5, 5.41) is 0. The van der Waals surface area contributed by atoms with Crippen LogP contribution in [0.25, 0.3) is 0 Å². The molecule has 0 unspecified atom stereocenters. The summed E-state index contributed by atoms with van der Waals surface area (Å²) >= 11 is 0. The zero-order valence-electron chi connectivity index (χ0n) is 13.1. The van der Waals surface area contributed by atoms with Crippen LogP contribution in [0.15, 0.2) is 0 Å². The van der Waals surface area contributed by atoms with Crippen LogP contribution in [0, 0.1) is 0 Å². The van der Waals surface area contributed by atoms with Gasteiger partial charge in [-0.25, -0.2) is 0 Å². The molecule has 0 amide bonds. The Morgan fingerprint density at radius 2 is 1.65 bits per heavy atom. The molecular weight excluding hydrogens is 248 g/mol. The van der Waals surface area contributed by atoms with Crippen molar-refractivity contribution < 1.29 is 4.74 Å². The van der Waals surface area contributed by atoms with Crippen LogP contribution in [0.3, 0.4) is 0 Å². The Bertz CT molecular complexity index is 270. The average molecular weight is 280 g/mol. The summed E-state index contributed by atoms with van der Waals surface area (Å²) in [4.78, 5) is 5.48. The number of piperidine rings is 1. The summed E-state index contributed by atoms with van der Waals surface area (Å²) in [5.41, 5.74) is 0. The van der Waals surface area contributed by atoms with E-state index in [4.69, 9.17) is 4.74 Å². The van der Waals surface area contributed by atoms with Crippen LogP contribution in [0.5, 0.6) is 0 Å². The van der Waals surface area contributed by atoms with Crippen molar-refractivity contribution in [3.63, 3.8) is 0 Å². The summed E-state index contributed by atoms with van der Waals surface area (Å²) in [7, 11) is 0. The molecule has 3 heteroatoms. The Labute approximate surface area is 124 Å². The third-order valence-electron chi connectivity index (χ3n) is 5.37. The second kappa shape index (κ2) is 7.77. The van der Waals surface area contributed by atoms with Gasteiger partial charge in [-0.2, -0.15) is 0 Å². The second-order valence-corrected chi connectivity index (χ2v) is 6.99. The van der Waals surface area contributed by atoms with Crippen LogP contribution in [0.2, 0.25) is 0 Å². The van der Waals surface area contributed by atoms with E-state index in [2.05, 4.69) is 9.80 Å². The van der Waals surface area contributed by atoms with Gasteiger partial charge in [0.1, 0.15) is 0 Å². The van der Waals surface area contributed by atoms with Crippen molar-refractivity contribution in [2.24, 2.45) is 0 Å². The minimum absolute atomic E-state index is 0.520. The molecule has 3 nitrogen and oxygen atoms in total. The lowest BCUT2D eigenvalue weighted by molar-refractivity contribution is -0.0167. The van der Waals surface area contributed by atoms with Crippen molar-refractivity contribution in [1.29, 1.82) is 0 Å². The topological polar surface area (TPSA) is 15.7 Å². The molecule has 3 aliphatic heterocycles. The van der Waals surface area contributed by atoms with Gasteiger partial charge in [-0.05, 0) is 64.6 Å². The van der Waals surface area contributed by atoms with E-state index in [0.717, 1.165) is 12.6 Å². The fourth-order valence-corrected chi connectivity index (χ4v) is 4.19. The first-order valence-corrected chi connectivity index (χ1v) is 9.00. The molecule has 0 saturated carbocycles. The standard InChI is InChI=1S/C17H32N2O/c1-2-5-12-19(11-4-1)16-8-7-10-18(14-16)15-17-9-3-6-13-20-17/h16-17H,1-15H2/t16-,17-/m1/s1. The van der Waals surface area contributed by atoms with Gasteiger partial charge >= 0.3 is 0 Å². The third kappa shape index (κ3) is 4.19. The minimum atomic E-state index is 0.520. The minimum Gasteiger partial charge on any atom is -0.377 e. The second-order valence-electron chi connectivity index (χ2n) is 6.99. The average Bonchev–Trinajstić information content (AvgIpc) is 2.78. The van der Waals surface area contributed by atoms with Gasteiger partial charge in [0.15, 0.2) is 0 Å². The molecule has 3 heterocycles. The highest BCUT2D eigenvalue weighted by molar-refractivity contribution is 4.83. The van der Waals surface area contributed by atoms with Gasteiger partial charge in [0.25, 0.3) is 0 Å². The highest BCUT2D eigenvalue weighted by Gasteiger charge is 2.27. The van der Waals surface area contributed by atoms with Gasteiger partial charge < -0.3 is 4.74 Å². The molecule has 3 saturated heterocycles. The van der Waals surface area contributed by atoms with Crippen LogP contribution in [-0.4, -0.2) is 61.3 Å². The highest BCUT2D eigenvalue weighted by Crippen LogP contribution is 2.22. The number of hydrogen-bond acceptors (Lipinski definition) is 3. The van der Waals surface area contributed by atoms with Crippen LogP contribution >= 0.6 is 0 Å². The first-order valence-electron chi connectivity index (χ1n) is 9.00. The van der Waals surface area contributed by atoms with E-state index in [1.807, 2.05) is 0 Å². The van der Waals surface area contributed by atoms with Crippen LogP contribution in [-0.2, 0) is 4.74 Å². The van der Waals surface area contributed by atoms with E-state index in [1.54, 1.807) is 0 Å². The summed E-state index contributed by atoms with van der Waals surface area (Å²) in [6.45, 7) is 7.46. The number of likely N-dealkylation sites (tertiary alicyclic amines) is 2. The molecule has 2 atom stereocenters. The normalized spacial score (nSPS) is 34.8. The smallest absolute Gasteiger partial charge is 0.0702 e. The summed E-state index contributed by atoms with van der Waals surface area (Å²) in [6, 6.07) is 0.824. The Morgan fingerprint density at radius 3 is 2.40 bits per heavy atom. The van der Waals surface area contributed by atoms with Crippen molar-refractivity contribution in [3.05, 3.63) is 0 Å². The predicted octanol–water partition coefficient (Wildman–Crippen LogP) is 2.90. The lowest BCUT2D eigenvalue weighted by atomic mass is 10.0. The Kier molecular flexibility index (Phi) is 5.75. The molecule has 0 bridgehead atoms. The number of hydrogen-bond donors (Lipinski definition) is 0. The van der Waals surface area contributed by atoms with Gasteiger partial charge in [0, 0.05) is 25.7 Å². The van der Waals surface area contributed by atoms with Gasteiger partial charge in [0.2, 0.25) is 0 Å². The van der Waals surface area contributed by atoms with E-state index in [1.165, 1.54) is 90.5 Å². The quantitative estimate of drug-likeness (QED) is 0.790. The number of nitrogens with zero attached hydrogens (tertiary/aromatic N) is 2. The van der Waals surface area contributed by atoms with Gasteiger partial charge in [-0.15, -0.1) is 0 Å². The van der Waals surface area contributed by atoms with Crippen LogP contribution in [0.1, 0.15) is 57.8 Å². The van der Waals surface area contributed by atoms with Crippen molar-refractivity contribution in [1.82, 2.24) is 9.80 Å². The van der Waals surface area contributed by atoms with Crippen LogP contribution < -0.4 is 0 Å². The van der Waals surface area contributed by atoms with E-state index in [-0.39, 0.29) is 0 Å². The molecule has 116 valence electrons. The first kappa shape index (κ1) is 14.8. The fraction of sp³-hybridized carbons (Fsp3) is 1.00. The van der Waals surface area contributed by atoms with Crippen molar-refractivity contribution in [2.75, 3.05) is 39.3 Å². The zero-order valence-corrected chi connectivity index (χ0v) is 13.1. The maximum absolute atomic E-state index is 5.93. The Morgan fingerprint density at radius 1 is 0.800 bits per heavy atom. The van der Waals surface area contributed by atoms with Crippen molar-refractivity contribution >= 4 is 0 Å². The molecule has 20 heavy (non-hydrogen) atoms. The lowest BCUT2D eigenvalue weighted by Crippen LogP contribution is -2.50. The molecule has 0 aromatic heterocycles. The van der Waals surface area contributed by atoms with E-state index >= 15 is 0 Å². The van der Waals surface area contributed by atoms with E-state index < -0.39 is 0 Å². The van der Waals surface area contributed by atoms with Crippen molar-refractivity contribution in [3.8, 4) is 0 Å². The molecule has 0 aromatic carbocycles. The van der Waals surface area contributed by atoms with E-state index in [9.17, 15) is 0 Å². The summed E-state index contributed by atoms with van der Waals surface area (Å²) < 4.78 is 5.93. The van der Waals surface area contributed by atoms with Gasteiger partial charge in [-0.1, -0.05) is 12.8 Å². The summed E-state index contributed by atoms with van der Waals surface area (Å²) in [5.74, 6) is 0. The molecule has 0 aliphatic carbocycles. The maximum atomic E-state index is 5.93. The fourth-order valence-electron chi connectivity index (χ4n) is 4.19. The predicted molar refractivity (Wildman–Crippen MR) is 83.1 cm³/mol. The molecule has 0 spiro atoms. The molecule has 3 fully saturated rings. The Hall–Kier alpha value is -0.120. The third-order valence-corrected chi connectivity index (χ3v) is 5.37. The molecule has 3 aliphatic rings.